The summed E-state index contributed by atoms with van der Waals surface area (Å²) >= 11 is 0. The molecule has 23 heavy (non-hydrogen) atoms. The number of para-hydroxylation sites is 1. The lowest BCUT2D eigenvalue weighted by Gasteiger charge is -2.06. The van der Waals surface area contributed by atoms with E-state index in [4.69, 9.17) is 0 Å². The molecule has 6 heteroatoms. The minimum absolute atomic E-state index is 0.136. The molecule has 118 valence electrons. The van der Waals surface area contributed by atoms with Crippen LogP contribution in [0.4, 0.5) is 10.1 Å². The first-order valence-corrected chi connectivity index (χ1v) is 7.38. The summed E-state index contributed by atoms with van der Waals surface area (Å²) in [7, 11) is 0. The topological polar surface area (TPSA) is 71.1 Å². The van der Waals surface area contributed by atoms with E-state index in [2.05, 4.69) is 15.6 Å². The highest BCUT2D eigenvalue weighted by Gasteiger charge is 2.48. The molecule has 1 saturated carbocycles. The standard InChI is InChI=1S/C17H16FN3O2/c18-14-6-1-2-7-15(14)21-17(23)13-9-12(13)16(22)20-10-11-5-3-4-8-19-11/h1-8,12-13H,9-10H2,(H,20,22)(H,21,23). The molecule has 1 fully saturated rings. The quantitative estimate of drug-likeness (QED) is 0.888. The van der Waals surface area contributed by atoms with E-state index in [1.807, 2.05) is 12.1 Å². The Hall–Kier alpha value is -2.76. The van der Waals surface area contributed by atoms with E-state index >= 15 is 0 Å². The number of halogens is 1. The number of pyridine rings is 1. The van der Waals surface area contributed by atoms with Gasteiger partial charge in [-0.05, 0) is 30.7 Å². The van der Waals surface area contributed by atoms with E-state index in [1.54, 1.807) is 24.4 Å². The fraction of sp³-hybridized carbons (Fsp3) is 0.235. The maximum atomic E-state index is 13.5. The molecular weight excluding hydrogens is 297 g/mol. The lowest BCUT2D eigenvalue weighted by Crippen LogP contribution is -2.27. The predicted octanol–water partition coefficient (Wildman–Crippen LogP) is 2.11. The Labute approximate surface area is 132 Å². The zero-order valence-corrected chi connectivity index (χ0v) is 12.3. The van der Waals surface area contributed by atoms with E-state index in [0.29, 0.717) is 13.0 Å². The van der Waals surface area contributed by atoms with Crippen LogP contribution in [0.25, 0.3) is 0 Å². The third-order valence-electron chi connectivity index (χ3n) is 3.77. The number of hydrogen-bond acceptors (Lipinski definition) is 3. The van der Waals surface area contributed by atoms with Gasteiger partial charge in [-0.15, -0.1) is 0 Å². The van der Waals surface area contributed by atoms with Crippen LogP contribution in [0.1, 0.15) is 12.1 Å². The maximum absolute atomic E-state index is 13.5. The molecule has 1 heterocycles. The highest BCUT2D eigenvalue weighted by atomic mass is 19.1. The van der Waals surface area contributed by atoms with E-state index in [1.165, 1.54) is 12.1 Å². The Kier molecular flexibility index (Phi) is 4.32. The van der Waals surface area contributed by atoms with Crippen LogP contribution in [-0.4, -0.2) is 16.8 Å². The Morgan fingerprint density at radius 3 is 2.57 bits per heavy atom. The molecule has 0 aliphatic heterocycles. The van der Waals surface area contributed by atoms with E-state index in [9.17, 15) is 14.0 Å². The van der Waals surface area contributed by atoms with Gasteiger partial charge in [-0.25, -0.2) is 4.39 Å². The van der Waals surface area contributed by atoms with Crippen molar-refractivity contribution in [2.24, 2.45) is 11.8 Å². The van der Waals surface area contributed by atoms with Crippen molar-refractivity contribution >= 4 is 17.5 Å². The first-order valence-electron chi connectivity index (χ1n) is 7.38. The number of rotatable bonds is 5. The van der Waals surface area contributed by atoms with Gasteiger partial charge in [0.15, 0.2) is 0 Å². The molecule has 2 atom stereocenters. The van der Waals surface area contributed by atoms with Crippen molar-refractivity contribution in [3.63, 3.8) is 0 Å². The number of anilines is 1. The lowest BCUT2D eigenvalue weighted by molar-refractivity contribution is -0.125. The highest BCUT2D eigenvalue weighted by Crippen LogP contribution is 2.39. The molecule has 1 aromatic heterocycles. The van der Waals surface area contributed by atoms with Crippen molar-refractivity contribution in [2.45, 2.75) is 13.0 Å². The summed E-state index contributed by atoms with van der Waals surface area (Å²) in [6.07, 6.45) is 2.14. The highest BCUT2D eigenvalue weighted by molar-refractivity contribution is 5.99. The SMILES string of the molecule is O=C(NCc1ccccn1)C1CC1C(=O)Nc1ccccc1F. The molecule has 1 aliphatic carbocycles. The van der Waals surface area contributed by atoms with E-state index in [0.717, 1.165) is 5.69 Å². The number of nitrogens with one attached hydrogen (secondary N) is 2. The number of carbonyl (C=O) groups is 2. The fourth-order valence-electron chi connectivity index (χ4n) is 2.37. The van der Waals surface area contributed by atoms with Gasteiger partial charge in [0.25, 0.3) is 0 Å². The molecule has 0 radical (unpaired) electrons. The minimum Gasteiger partial charge on any atom is -0.350 e. The summed E-state index contributed by atoms with van der Waals surface area (Å²) in [6.45, 7) is 0.331. The number of aromatic nitrogens is 1. The van der Waals surface area contributed by atoms with Gasteiger partial charge in [-0.3, -0.25) is 14.6 Å². The van der Waals surface area contributed by atoms with Gasteiger partial charge in [0.2, 0.25) is 11.8 Å². The van der Waals surface area contributed by atoms with Crippen LogP contribution in [-0.2, 0) is 16.1 Å². The van der Waals surface area contributed by atoms with Crippen molar-refractivity contribution in [2.75, 3.05) is 5.32 Å². The summed E-state index contributed by atoms with van der Waals surface area (Å²) in [4.78, 5) is 28.2. The van der Waals surface area contributed by atoms with E-state index < -0.39 is 11.7 Å². The van der Waals surface area contributed by atoms with Crippen molar-refractivity contribution in [1.82, 2.24) is 10.3 Å². The Balaban J connectivity index is 1.49. The molecule has 0 spiro atoms. The Morgan fingerprint density at radius 1 is 1.09 bits per heavy atom. The predicted molar refractivity (Wildman–Crippen MR) is 82.7 cm³/mol. The van der Waals surface area contributed by atoms with Crippen LogP contribution < -0.4 is 10.6 Å². The second-order valence-corrected chi connectivity index (χ2v) is 5.46. The van der Waals surface area contributed by atoms with Gasteiger partial charge in [0.05, 0.1) is 29.8 Å². The number of nitrogens with zero attached hydrogens (tertiary/aromatic N) is 1. The Bertz CT molecular complexity index is 721. The molecule has 1 aromatic carbocycles. The van der Waals surface area contributed by atoms with Gasteiger partial charge in [0, 0.05) is 6.20 Å². The third kappa shape index (κ3) is 3.71. The number of amides is 2. The number of benzene rings is 1. The monoisotopic (exact) mass is 313 g/mol. The van der Waals surface area contributed by atoms with Crippen LogP contribution in [0.5, 0.6) is 0 Å². The van der Waals surface area contributed by atoms with E-state index in [-0.39, 0.29) is 23.4 Å². The summed E-state index contributed by atoms with van der Waals surface area (Å²) in [5, 5.41) is 5.29. The summed E-state index contributed by atoms with van der Waals surface area (Å²) in [5.74, 6) is -1.75. The van der Waals surface area contributed by atoms with Gasteiger partial charge in [-0.2, -0.15) is 0 Å². The molecule has 0 bridgehead atoms. The van der Waals surface area contributed by atoms with Crippen LogP contribution in [0.3, 0.4) is 0 Å². The number of carbonyl (C=O) groups excluding carboxylic acids is 2. The summed E-state index contributed by atoms with van der Waals surface area (Å²) < 4.78 is 13.5. The Morgan fingerprint density at radius 2 is 1.83 bits per heavy atom. The summed E-state index contributed by atoms with van der Waals surface area (Å²) in [5.41, 5.74) is 0.894. The lowest BCUT2D eigenvalue weighted by atomic mass is 10.2. The van der Waals surface area contributed by atoms with Crippen LogP contribution in [0.15, 0.2) is 48.7 Å². The van der Waals surface area contributed by atoms with Crippen molar-refractivity contribution in [3.05, 3.63) is 60.2 Å². The zero-order chi connectivity index (χ0) is 16.2. The second-order valence-electron chi connectivity index (χ2n) is 5.46. The van der Waals surface area contributed by atoms with Gasteiger partial charge < -0.3 is 10.6 Å². The molecule has 3 rings (SSSR count). The number of hydrogen-bond donors (Lipinski definition) is 2. The fourth-order valence-corrected chi connectivity index (χ4v) is 2.37. The van der Waals surface area contributed by atoms with Crippen LogP contribution >= 0.6 is 0 Å². The zero-order valence-electron chi connectivity index (χ0n) is 12.3. The molecular formula is C17H16FN3O2. The van der Waals surface area contributed by atoms with Crippen molar-refractivity contribution < 1.29 is 14.0 Å². The smallest absolute Gasteiger partial charge is 0.228 e. The molecule has 2 amide bonds. The van der Waals surface area contributed by atoms with Crippen molar-refractivity contribution in [3.8, 4) is 0 Å². The molecule has 1 aliphatic rings. The molecule has 2 unspecified atom stereocenters. The first kappa shape index (κ1) is 15.1. The second kappa shape index (κ2) is 6.56. The molecule has 2 N–H and O–H groups in total. The third-order valence-corrected chi connectivity index (χ3v) is 3.77. The average Bonchev–Trinajstić information content (AvgIpc) is 3.36. The normalized spacial score (nSPS) is 19.0. The molecule has 2 aromatic rings. The van der Waals surface area contributed by atoms with Gasteiger partial charge in [0.1, 0.15) is 5.82 Å². The minimum atomic E-state index is -0.488. The first-order chi connectivity index (χ1) is 11.1. The van der Waals surface area contributed by atoms with Gasteiger partial charge >= 0.3 is 0 Å². The van der Waals surface area contributed by atoms with Crippen LogP contribution in [0.2, 0.25) is 0 Å². The largest absolute Gasteiger partial charge is 0.350 e. The van der Waals surface area contributed by atoms with Gasteiger partial charge in [-0.1, -0.05) is 18.2 Å². The average molecular weight is 313 g/mol. The maximum Gasteiger partial charge on any atom is 0.228 e. The van der Waals surface area contributed by atoms with Crippen molar-refractivity contribution in [1.29, 1.82) is 0 Å². The van der Waals surface area contributed by atoms with Crippen LogP contribution in [0, 0.1) is 17.7 Å². The molecule has 5 nitrogen and oxygen atoms in total. The summed E-state index contributed by atoms with van der Waals surface area (Å²) in [6, 6.07) is 11.4. The molecule has 0 saturated heterocycles.